The number of carbonyl (C=O) groups excluding carboxylic acids is 1. The van der Waals surface area contributed by atoms with Crippen molar-refractivity contribution >= 4 is 17.2 Å². The van der Waals surface area contributed by atoms with Crippen molar-refractivity contribution in [3.63, 3.8) is 0 Å². The monoisotopic (exact) mass is 436 g/mol. The Labute approximate surface area is 189 Å². The summed E-state index contributed by atoms with van der Waals surface area (Å²) in [6.45, 7) is 0. The number of rotatable bonds is 6. The second-order valence-corrected chi connectivity index (χ2v) is 7.38. The van der Waals surface area contributed by atoms with Crippen molar-refractivity contribution in [2.24, 2.45) is 0 Å². The van der Waals surface area contributed by atoms with Crippen molar-refractivity contribution in [2.75, 3.05) is 12.4 Å². The number of nitrogens with one attached hydrogen (secondary N) is 1. The first-order valence-corrected chi connectivity index (χ1v) is 10.4. The maximum absolute atomic E-state index is 12.4. The van der Waals surface area contributed by atoms with Gasteiger partial charge in [-0.1, -0.05) is 30.3 Å². The molecule has 5 aromatic rings. The third kappa shape index (κ3) is 4.40. The molecule has 0 saturated heterocycles. The molecule has 33 heavy (non-hydrogen) atoms. The number of hydrogen-bond donors (Lipinski definition) is 1. The lowest BCUT2D eigenvalue weighted by atomic mass is 10.1. The van der Waals surface area contributed by atoms with Crippen molar-refractivity contribution in [1.82, 2.24) is 24.8 Å². The van der Waals surface area contributed by atoms with Gasteiger partial charge in [-0.05, 0) is 54.1 Å². The number of benzene rings is 2. The minimum absolute atomic E-state index is 0.0862. The van der Waals surface area contributed by atoms with Gasteiger partial charge in [-0.2, -0.15) is 9.61 Å². The second-order valence-electron chi connectivity index (χ2n) is 7.38. The molecule has 0 spiro atoms. The minimum atomic E-state index is -0.0862. The zero-order chi connectivity index (χ0) is 22.6. The van der Waals surface area contributed by atoms with Crippen molar-refractivity contribution < 1.29 is 9.53 Å². The summed E-state index contributed by atoms with van der Waals surface area (Å²) >= 11 is 0. The van der Waals surface area contributed by atoms with Gasteiger partial charge in [0.1, 0.15) is 11.4 Å². The highest BCUT2D eigenvalue weighted by Gasteiger charge is 2.12. The van der Waals surface area contributed by atoms with Gasteiger partial charge in [-0.25, -0.2) is 0 Å². The first-order chi connectivity index (χ1) is 16.2. The number of anilines is 1. The maximum Gasteiger partial charge on any atom is 0.228 e. The molecule has 2 aromatic carbocycles. The number of aromatic nitrogens is 5. The average Bonchev–Trinajstić information content (AvgIpc) is 3.29. The van der Waals surface area contributed by atoms with Crippen LogP contribution in [0.1, 0.15) is 5.56 Å². The summed E-state index contributed by atoms with van der Waals surface area (Å²) in [6, 6.07) is 24.4. The summed E-state index contributed by atoms with van der Waals surface area (Å²) in [5, 5.41) is 16.0. The van der Waals surface area contributed by atoms with Gasteiger partial charge in [0.25, 0.3) is 0 Å². The fourth-order valence-electron chi connectivity index (χ4n) is 3.46. The van der Waals surface area contributed by atoms with E-state index in [0.717, 1.165) is 28.3 Å². The van der Waals surface area contributed by atoms with Crippen LogP contribution in [0.4, 0.5) is 5.69 Å². The smallest absolute Gasteiger partial charge is 0.228 e. The highest BCUT2D eigenvalue weighted by molar-refractivity contribution is 5.92. The molecule has 0 bridgehead atoms. The van der Waals surface area contributed by atoms with E-state index in [4.69, 9.17) is 9.84 Å². The maximum atomic E-state index is 12.4. The van der Waals surface area contributed by atoms with Crippen LogP contribution in [0.2, 0.25) is 0 Å². The largest absolute Gasteiger partial charge is 0.497 e. The van der Waals surface area contributed by atoms with Crippen LogP contribution >= 0.6 is 0 Å². The Morgan fingerprint density at radius 3 is 2.45 bits per heavy atom. The quantitative estimate of drug-likeness (QED) is 0.432. The summed E-state index contributed by atoms with van der Waals surface area (Å²) in [7, 11) is 1.62. The molecule has 0 atom stereocenters. The summed E-state index contributed by atoms with van der Waals surface area (Å²) in [6.07, 6.45) is 2.00. The summed E-state index contributed by atoms with van der Waals surface area (Å²) in [5.74, 6) is 1.26. The fraction of sp³-hybridized carbons (Fsp3) is 0.0800. The minimum Gasteiger partial charge on any atom is -0.497 e. The van der Waals surface area contributed by atoms with Crippen molar-refractivity contribution in [2.45, 2.75) is 6.42 Å². The van der Waals surface area contributed by atoms with Gasteiger partial charge in [-0.15, -0.1) is 10.2 Å². The predicted octanol–water partition coefficient (Wildman–Crippen LogP) is 4.04. The van der Waals surface area contributed by atoms with Crippen LogP contribution in [0.5, 0.6) is 5.75 Å². The van der Waals surface area contributed by atoms with E-state index in [-0.39, 0.29) is 12.3 Å². The standard InChI is InChI=1S/C25H20N6O2/c1-33-20-11-5-17(6-12-20)16-24(32)27-19-9-7-18(8-10-19)21-13-14-23-28-29-25(31(23)30-21)22-4-2-3-15-26-22/h2-15H,16H2,1H3,(H,27,32). The number of nitrogens with zero attached hydrogens (tertiary/aromatic N) is 5. The lowest BCUT2D eigenvalue weighted by Crippen LogP contribution is -2.14. The van der Waals surface area contributed by atoms with Gasteiger partial charge in [-0.3, -0.25) is 9.78 Å². The van der Waals surface area contributed by atoms with Gasteiger partial charge in [0, 0.05) is 17.4 Å². The van der Waals surface area contributed by atoms with E-state index in [9.17, 15) is 4.79 Å². The lowest BCUT2D eigenvalue weighted by Gasteiger charge is -2.08. The topological polar surface area (TPSA) is 94.3 Å². The Kier molecular flexibility index (Phi) is 5.47. The molecule has 3 aromatic heterocycles. The molecular formula is C25H20N6O2. The molecule has 5 rings (SSSR count). The van der Waals surface area contributed by atoms with Gasteiger partial charge in [0.05, 0.1) is 19.2 Å². The number of hydrogen-bond acceptors (Lipinski definition) is 6. The number of methoxy groups -OCH3 is 1. The third-order valence-electron chi connectivity index (χ3n) is 5.14. The van der Waals surface area contributed by atoms with Crippen LogP contribution in [0, 0.1) is 0 Å². The van der Waals surface area contributed by atoms with E-state index < -0.39 is 0 Å². The summed E-state index contributed by atoms with van der Waals surface area (Å²) < 4.78 is 6.83. The SMILES string of the molecule is COc1ccc(CC(=O)Nc2ccc(-c3ccc4nnc(-c5ccccn5)n4n3)cc2)cc1. The van der Waals surface area contributed by atoms with Gasteiger partial charge >= 0.3 is 0 Å². The lowest BCUT2D eigenvalue weighted by molar-refractivity contribution is -0.115. The zero-order valence-electron chi connectivity index (χ0n) is 17.8. The van der Waals surface area contributed by atoms with Crippen LogP contribution in [0.15, 0.2) is 85.1 Å². The van der Waals surface area contributed by atoms with Crippen molar-refractivity contribution in [3.8, 4) is 28.5 Å². The molecule has 0 aliphatic heterocycles. The molecule has 0 aliphatic carbocycles. The van der Waals surface area contributed by atoms with E-state index in [2.05, 4.69) is 20.5 Å². The normalized spacial score (nSPS) is 10.8. The zero-order valence-corrected chi connectivity index (χ0v) is 17.8. The number of ether oxygens (including phenoxy) is 1. The first-order valence-electron chi connectivity index (χ1n) is 10.4. The fourth-order valence-corrected chi connectivity index (χ4v) is 3.46. The van der Waals surface area contributed by atoms with Crippen molar-refractivity contribution in [1.29, 1.82) is 0 Å². The van der Waals surface area contributed by atoms with Gasteiger partial charge in [0.15, 0.2) is 5.65 Å². The van der Waals surface area contributed by atoms with Crippen LogP contribution in [-0.2, 0) is 11.2 Å². The Hall–Kier alpha value is -4.59. The molecule has 0 radical (unpaired) electrons. The Bertz CT molecular complexity index is 1400. The second kappa shape index (κ2) is 8.88. The van der Waals surface area contributed by atoms with Crippen LogP contribution in [-0.4, -0.2) is 37.8 Å². The first kappa shape index (κ1) is 20.3. The van der Waals surface area contributed by atoms with E-state index in [1.54, 1.807) is 17.8 Å². The molecule has 0 unspecified atom stereocenters. The number of pyridine rings is 1. The molecule has 162 valence electrons. The summed E-state index contributed by atoms with van der Waals surface area (Å²) in [5.41, 5.74) is 4.64. The molecule has 8 heteroatoms. The molecular weight excluding hydrogens is 416 g/mol. The van der Waals surface area contributed by atoms with E-state index in [1.807, 2.05) is 78.9 Å². The third-order valence-corrected chi connectivity index (χ3v) is 5.14. The summed E-state index contributed by atoms with van der Waals surface area (Å²) in [4.78, 5) is 16.7. The van der Waals surface area contributed by atoms with Crippen molar-refractivity contribution in [3.05, 3.63) is 90.6 Å². The van der Waals surface area contributed by atoms with Gasteiger partial charge < -0.3 is 10.1 Å². The highest BCUT2D eigenvalue weighted by atomic mass is 16.5. The van der Waals surface area contributed by atoms with Crippen LogP contribution in [0.25, 0.3) is 28.4 Å². The van der Waals surface area contributed by atoms with E-state index >= 15 is 0 Å². The van der Waals surface area contributed by atoms with Crippen LogP contribution in [0.3, 0.4) is 0 Å². The molecule has 1 N–H and O–H groups in total. The Balaban J connectivity index is 1.32. The Morgan fingerprint density at radius 2 is 1.73 bits per heavy atom. The molecule has 0 saturated carbocycles. The van der Waals surface area contributed by atoms with Gasteiger partial charge in [0.2, 0.25) is 11.7 Å². The molecule has 3 heterocycles. The molecule has 8 nitrogen and oxygen atoms in total. The molecule has 0 aliphatic rings. The number of amides is 1. The average molecular weight is 436 g/mol. The number of carbonyl (C=O) groups is 1. The number of fused-ring (bicyclic) bond motifs is 1. The highest BCUT2D eigenvalue weighted by Crippen LogP contribution is 2.22. The predicted molar refractivity (Wildman–Crippen MR) is 125 cm³/mol. The van der Waals surface area contributed by atoms with E-state index in [0.29, 0.717) is 17.2 Å². The van der Waals surface area contributed by atoms with Crippen LogP contribution < -0.4 is 10.1 Å². The molecule has 0 fully saturated rings. The Morgan fingerprint density at radius 1 is 0.909 bits per heavy atom. The van der Waals surface area contributed by atoms with E-state index in [1.165, 1.54) is 0 Å². The molecule has 1 amide bonds.